The molecule has 0 aromatic rings. The molecular weight excluding hydrogens is 204 g/mol. The normalized spacial score (nSPS) is 35.4. The topological polar surface area (TPSA) is 17.1 Å². The van der Waals surface area contributed by atoms with Crippen LogP contribution in [0.15, 0.2) is 23.8 Å². The van der Waals surface area contributed by atoms with Gasteiger partial charge in [-0.15, -0.1) is 0 Å². The molecule has 0 radical (unpaired) electrons. The quantitative estimate of drug-likeness (QED) is 0.564. The van der Waals surface area contributed by atoms with Crippen molar-refractivity contribution in [2.24, 2.45) is 5.92 Å². The van der Waals surface area contributed by atoms with Gasteiger partial charge in [-0.1, -0.05) is 34.2 Å². The fourth-order valence-electron chi connectivity index (χ4n) is 1.73. The highest BCUT2D eigenvalue weighted by Crippen LogP contribution is 2.37. The Kier molecular flexibility index (Phi) is 1.72. The molecule has 2 aliphatic rings. The highest BCUT2D eigenvalue weighted by atomic mass is 79.9. The van der Waals surface area contributed by atoms with Crippen LogP contribution in [0.1, 0.15) is 12.8 Å². The summed E-state index contributed by atoms with van der Waals surface area (Å²) in [4.78, 5) is 11.7. The number of alkyl halides is 1. The second kappa shape index (κ2) is 2.59. The lowest BCUT2D eigenvalue weighted by atomic mass is 9.94. The maximum atomic E-state index is 11.3. The summed E-state index contributed by atoms with van der Waals surface area (Å²) in [6, 6.07) is 0. The third-order valence-electron chi connectivity index (χ3n) is 2.34. The number of Topliss-reactive ketones (excluding diaryl/α,β-unsaturated/α-hetero) is 1. The molecule has 2 heteroatoms. The minimum Gasteiger partial charge on any atom is -0.294 e. The van der Waals surface area contributed by atoms with Gasteiger partial charge in [-0.2, -0.15) is 0 Å². The molecule has 0 aromatic heterocycles. The molecule has 1 fully saturated rings. The van der Waals surface area contributed by atoms with Crippen molar-refractivity contribution in [1.82, 2.24) is 0 Å². The number of carbonyl (C=O) groups excluding carboxylic acids is 1. The van der Waals surface area contributed by atoms with Gasteiger partial charge in [0.05, 0.1) is 0 Å². The van der Waals surface area contributed by atoms with Crippen molar-refractivity contribution in [1.29, 1.82) is 0 Å². The van der Waals surface area contributed by atoms with E-state index in [9.17, 15) is 4.79 Å². The van der Waals surface area contributed by atoms with E-state index in [0.717, 1.165) is 12.0 Å². The van der Waals surface area contributed by atoms with Crippen LogP contribution >= 0.6 is 15.9 Å². The van der Waals surface area contributed by atoms with Crippen molar-refractivity contribution in [2.45, 2.75) is 17.7 Å². The van der Waals surface area contributed by atoms with Gasteiger partial charge in [0, 0.05) is 17.2 Å². The van der Waals surface area contributed by atoms with Crippen molar-refractivity contribution < 1.29 is 4.79 Å². The highest BCUT2D eigenvalue weighted by molar-refractivity contribution is 9.09. The van der Waals surface area contributed by atoms with Gasteiger partial charge in [0.15, 0.2) is 5.78 Å². The van der Waals surface area contributed by atoms with E-state index in [1.807, 2.05) is 12.2 Å². The molecule has 11 heavy (non-hydrogen) atoms. The molecule has 2 rings (SSSR count). The van der Waals surface area contributed by atoms with Crippen LogP contribution in [0.3, 0.4) is 0 Å². The number of ketones is 1. The minimum atomic E-state index is 0.321. The lowest BCUT2D eigenvalue weighted by Gasteiger charge is -2.14. The highest BCUT2D eigenvalue weighted by Gasteiger charge is 2.35. The maximum Gasteiger partial charge on any atom is 0.160 e. The first-order valence-electron chi connectivity index (χ1n) is 3.83. The van der Waals surface area contributed by atoms with Crippen LogP contribution in [0.25, 0.3) is 0 Å². The van der Waals surface area contributed by atoms with E-state index in [-0.39, 0.29) is 0 Å². The van der Waals surface area contributed by atoms with E-state index >= 15 is 0 Å². The summed E-state index contributed by atoms with van der Waals surface area (Å²) in [6.07, 6.45) is 7.76. The Hall–Kier alpha value is -0.370. The smallest absolute Gasteiger partial charge is 0.160 e. The SMILES string of the molecule is O=C1CC(Br)C2CC=CC=C12. The Labute approximate surface area is 74.3 Å². The molecule has 0 aliphatic heterocycles. The Morgan fingerprint density at radius 3 is 3.09 bits per heavy atom. The molecule has 1 nitrogen and oxygen atoms in total. The molecule has 0 heterocycles. The Morgan fingerprint density at radius 2 is 2.36 bits per heavy atom. The molecule has 2 unspecified atom stereocenters. The summed E-state index contributed by atoms with van der Waals surface area (Å²) in [5, 5.41) is 0. The van der Waals surface area contributed by atoms with E-state index in [2.05, 4.69) is 22.0 Å². The van der Waals surface area contributed by atoms with E-state index < -0.39 is 0 Å². The summed E-state index contributed by atoms with van der Waals surface area (Å²) >= 11 is 3.52. The van der Waals surface area contributed by atoms with Gasteiger partial charge in [-0.25, -0.2) is 0 Å². The fourth-order valence-corrected chi connectivity index (χ4v) is 2.52. The van der Waals surface area contributed by atoms with Crippen LogP contribution in [0.2, 0.25) is 0 Å². The van der Waals surface area contributed by atoms with Gasteiger partial charge >= 0.3 is 0 Å². The van der Waals surface area contributed by atoms with Crippen molar-refractivity contribution in [3.8, 4) is 0 Å². The second-order valence-electron chi connectivity index (χ2n) is 3.04. The van der Waals surface area contributed by atoms with Crippen LogP contribution in [0.5, 0.6) is 0 Å². The third-order valence-corrected chi connectivity index (χ3v) is 3.30. The predicted octanol–water partition coefficient (Wildman–Crippen LogP) is 2.23. The van der Waals surface area contributed by atoms with Crippen LogP contribution in [0, 0.1) is 5.92 Å². The van der Waals surface area contributed by atoms with Gasteiger partial charge in [0.2, 0.25) is 0 Å². The summed E-state index contributed by atoms with van der Waals surface area (Å²) in [6.45, 7) is 0. The average Bonchev–Trinajstić information content (AvgIpc) is 2.30. The Balaban J connectivity index is 2.34. The van der Waals surface area contributed by atoms with E-state index in [0.29, 0.717) is 22.9 Å². The molecule has 0 amide bonds. The lowest BCUT2D eigenvalue weighted by molar-refractivity contribution is -0.114. The average molecular weight is 213 g/mol. The molecule has 1 saturated carbocycles. The van der Waals surface area contributed by atoms with Gasteiger partial charge in [-0.05, 0) is 12.0 Å². The summed E-state index contributed by atoms with van der Waals surface area (Å²) in [7, 11) is 0. The third kappa shape index (κ3) is 1.09. The van der Waals surface area contributed by atoms with Crippen molar-refractivity contribution in [3.05, 3.63) is 23.8 Å². The van der Waals surface area contributed by atoms with Crippen molar-refractivity contribution in [3.63, 3.8) is 0 Å². The van der Waals surface area contributed by atoms with Gasteiger partial charge in [-0.3, -0.25) is 4.79 Å². The monoisotopic (exact) mass is 212 g/mol. The number of halogens is 1. The number of allylic oxidation sites excluding steroid dienone is 4. The van der Waals surface area contributed by atoms with Crippen molar-refractivity contribution in [2.75, 3.05) is 0 Å². The first-order valence-corrected chi connectivity index (χ1v) is 4.74. The first kappa shape index (κ1) is 7.29. The largest absolute Gasteiger partial charge is 0.294 e. The molecule has 0 N–H and O–H groups in total. The Bertz CT molecular complexity index is 252. The van der Waals surface area contributed by atoms with Crippen LogP contribution in [-0.4, -0.2) is 10.6 Å². The standard InChI is InChI=1S/C9H9BrO/c10-8-5-9(11)7-4-2-1-3-6(7)8/h1-2,4,6,8H,3,5H2. The summed E-state index contributed by atoms with van der Waals surface area (Å²) < 4.78 is 0. The summed E-state index contributed by atoms with van der Waals surface area (Å²) in [5.41, 5.74) is 1.02. The lowest BCUT2D eigenvalue weighted by Crippen LogP contribution is -2.08. The zero-order valence-electron chi connectivity index (χ0n) is 6.09. The minimum absolute atomic E-state index is 0.321. The van der Waals surface area contributed by atoms with Gasteiger partial charge < -0.3 is 0 Å². The molecule has 2 atom stereocenters. The molecule has 0 aromatic carbocycles. The zero-order chi connectivity index (χ0) is 7.84. The van der Waals surface area contributed by atoms with Gasteiger partial charge in [0.25, 0.3) is 0 Å². The predicted molar refractivity (Wildman–Crippen MR) is 47.7 cm³/mol. The maximum absolute atomic E-state index is 11.3. The molecular formula is C9H9BrO. The molecule has 0 spiro atoms. The molecule has 2 aliphatic carbocycles. The van der Waals surface area contributed by atoms with Crippen LogP contribution in [0.4, 0.5) is 0 Å². The molecule has 0 bridgehead atoms. The second-order valence-corrected chi connectivity index (χ2v) is 4.21. The zero-order valence-corrected chi connectivity index (χ0v) is 7.67. The number of fused-ring (bicyclic) bond motifs is 1. The number of hydrogen-bond donors (Lipinski definition) is 0. The Morgan fingerprint density at radius 1 is 1.55 bits per heavy atom. The number of carbonyl (C=O) groups is 1. The summed E-state index contributed by atoms with van der Waals surface area (Å²) in [5.74, 6) is 0.772. The van der Waals surface area contributed by atoms with Crippen molar-refractivity contribution >= 4 is 21.7 Å². The van der Waals surface area contributed by atoms with Gasteiger partial charge in [0.1, 0.15) is 0 Å². The molecule has 58 valence electrons. The number of rotatable bonds is 0. The fraction of sp³-hybridized carbons (Fsp3) is 0.444. The number of hydrogen-bond acceptors (Lipinski definition) is 1. The van der Waals surface area contributed by atoms with E-state index in [1.165, 1.54) is 0 Å². The first-order chi connectivity index (χ1) is 5.29. The van der Waals surface area contributed by atoms with E-state index in [4.69, 9.17) is 0 Å². The molecule has 0 saturated heterocycles. The van der Waals surface area contributed by atoms with E-state index in [1.54, 1.807) is 0 Å². The van der Waals surface area contributed by atoms with Crippen LogP contribution < -0.4 is 0 Å². The van der Waals surface area contributed by atoms with Crippen LogP contribution in [-0.2, 0) is 4.79 Å².